The number of hydrogen-bond acceptors (Lipinski definition) is 1. The van der Waals surface area contributed by atoms with Crippen molar-refractivity contribution in [3.63, 3.8) is 0 Å². The molecule has 2 heterocycles. The standard InChI is InChI=1S/C22H24ClN2O.BrH/c1-2-26-20-13-11-19(12-14-20)25-16-21(17-7-9-18(23)10-8-17)24-15-5-3-4-6-22(24)25;/h7-14,16H,2-6,15H2,1H3;1H/q+1;/p-1. The zero-order chi connectivity index (χ0) is 17.9. The van der Waals surface area contributed by atoms with Gasteiger partial charge in [0.2, 0.25) is 0 Å². The van der Waals surface area contributed by atoms with Gasteiger partial charge in [-0.25, -0.2) is 4.57 Å². The third kappa shape index (κ3) is 4.22. The van der Waals surface area contributed by atoms with E-state index in [4.69, 9.17) is 16.3 Å². The largest absolute Gasteiger partial charge is 1.00 e. The van der Waals surface area contributed by atoms with Crippen LogP contribution in [0.25, 0.3) is 16.9 Å². The van der Waals surface area contributed by atoms with Crippen molar-refractivity contribution in [2.45, 2.75) is 39.2 Å². The molecule has 0 saturated carbocycles. The summed E-state index contributed by atoms with van der Waals surface area (Å²) in [6.07, 6.45) is 7.11. The van der Waals surface area contributed by atoms with Crippen LogP contribution in [0.3, 0.4) is 0 Å². The van der Waals surface area contributed by atoms with Crippen LogP contribution in [-0.2, 0) is 13.0 Å². The fraction of sp³-hybridized carbons (Fsp3) is 0.318. The number of nitrogens with zero attached hydrogens (tertiary/aromatic N) is 2. The molecule has 3 aromatic rings. The fourth-order valence-corrected chi connectivity index (χ4v) is 3.84. The van der Waals surface area contributed by atoms with Crippen LogP contribution in [0.2, 0.25) is 5.02 Å². The molecule has 2 aromatic carbocycles. The summed E-state index contributed by atoms with van der Waals surface area (Å²) >= 11 is 6.09. The molecule has 142 valence electrons. The molecule has 1 aromatic heterocycles. The molecular formula is C22H24BrClN2O. The highest BCUT2D eigenvalue weighted by Gasteiger charge is 2.26. The van der Waals surface area contributed by atoms with Crippen LogP contribution in [0.5, 0.6) is 5.75 Å². The van der Waals surface area contributed by atoms with Crippen LogP contribution in [0.4, 0.5) is 0 Å². The molecule has 27 heavy (non-hydrogen) atoms. The zero-order valence-electron chi connectivity index (χ0n) is 15.5. The first-order valence-electron chi connectivity index (χ1n) is 9.39. The molecule has 1 aliphatic heterocycles. The molecule has 0 amide bonds. The van der Waals surface area contributed by atoms with E-state index in [2.05, 4.69) is 51.7 Å². The number of benzene rings is 2. The predicted molar refractivity (Wildman–Crippen MR) is 105 cm³/mol. The lowest BCUT2D eigenvalue weighted by atomic mass is 10.1. The molecule has 0 bridgehead atoms. The highest BCUT2D eigenvalue weighted by Crippen LogP contribution is 2.25. The normalized spacial score (nSPS) is 13.4. The van der Waals surface area contributed by atoms with Crippen LogP contribution in [-0.4, -0.2) is 11.2 Å². The average molecular weight is 448 g/mol. The second-order valence-electron chi connectivity index (χ2n) is 6.70. The lowest BCUT2D eigenvalue weighted by molar-refractivity contribution is -0.692. The molecule has 3 nitrogen and oxygen atoms in total. The van der Waals surface area contributed by atoms with Crippen molar-refractivity contribution in [1.82, 2.24) is 4.57 Å². The predicted octanol–water partition coefficient (Wildman–Crippen LogP) is 2.21. The first kappa shape index (κ1) is 20.0. The lowest BCUT2D eigenvalue weighted by Gasteiger charge is -2.05. The summed E-state index contributed by atoms with van der Waals surface area (Å²) in [4.78, 5) is 0. The maximum atomic E-state index is 6.09. The van der Waals surface area contributed by atoms with Gasteiger partial charge >= 0.3 is 0 Å². The summed E-state index contributed by atoms with van der Waals surface area (Å²) in [6.45, 7) is 3.76. The van der Waals surface area contributed by atoms with Crippen LogP contribution >= 0.6 is 11.6 Å². The van der Waals surface area contributed by atoms with Gasteiger partial charge in [0.25, 0.3) is 5.82 Å². The summed E-state index contributed by atoms with van der Waals surface area (Å²) in [7, 11) is 0. The molecule has 1 aliphatic rings. The number of ether oxygens (including phenoxy) is 1. The first-order valence-corrected chi connectivity index (χ1v) is 9.77. The van der Waals surface area contributed by atoms with Crippen LogP contribution in [0.15, 0.2) is 54.7 Å². The van der Waals surface area contributed by atoms with E-state index in [-0.39, 0.29) is 17.0 Å². The van der Waals surface area contributed by atoms with Gasteiger partial charge < -0.3 is 21.7 Å². The Bertz CT molecular complexity index is 888. The van der Waals surface area contributed by atoms with E-state index in [0.717, 1.165) is 23.7 Å². The Morgan fingerprint density at radius 1 is 1.00 bits per heavy atom. The van der Waals surface area contributed by atoms with Crippen molar-refractivity contribution in [3.8, 4) is 22.7 Å². The van der Waals surface area contributed by atoms with Gasteiger partial charge in [0.1, 0.15) is 17.6 Å². The minimum absolute atomic E-state index is 0. The molecule has 4 rings (SSSR count). The first-order chi connectivity index (χ1) is 12.8. The van der Waals surface area contributed by atoms with E-state index in [1.807, 2.05) is 19.1 Å². The quantitative estimate of drug-likeness (QED) is 0.561. The molecule has 0 atom stereocenters. The van der Waals surface area contributed by atoms with E-state index >= 15 is 0 Å². The molecule has 0 radical (unpaired) electrons. The van der Waals surface area contributed by atoms with Crippen molar-refractivity contribution in [2.24, 2.45) is 0 Å². The second kappa shape index (κ2) is 8.94. The number of rotatable bonds is 4. The Hall–Kier alpha value is -1.78. The Balaban J connectivity index is 0.00000210. The molecule has 5 heteroatoms. The topological polar surface area (TPSA) is 18.0 Å². The maximum absolute atomic E-state index is 6.09. The van der Waals surface area contributed by atoms with Gasteiger partial charge in [-0.3, -0.25) is 0 Å². The molecule has 0 spiro atoms. The van der Waals surface area contributed by atoms with Gasteiger partial charge in [0.05, 0.1) is 13.2 Å². The van der Waals surface area contributed by atoms with Crippen molar-refractivity contribution >= 4 is 11.6 Å². The highest BCUT2D eigenvalue weighted by atomic mass is 79.9. The lowest BCUT2D eigenvalue weighted by Crippen LogP contribution is -3.00. The average Bonchev–Trinajstić information content (AvgIpc) is 2.85. The number of aromatic nitrogens is 2. The van der Waals surface area contributed by atoms with Gasteiger partial charge in [-0.2, -0.15) is 4.57 Å². The van der Waals surface area contributed by atoms with Gasteiger partial charge in [-0.05, 0) is 74.7 Å². The van der Waals surface area contributed by atoms with Gasteiger partial charge in [0.15, 0.2) is 5.69 Å². The Morgan fingerprint density at radius 3 is 2.44 bits per heavy atom. The monoisotopic (exact) mass is 446 g/mol. The van der Waals surface area contributed by atoms with Crippen LogP contribution < -0.4 is 26.3 Å². The number of fused-ring (bicyclic) bond motifs is 1. The SMILES string of the molecule is CCOc1ccc(-n2cc(-c3ccc(Cl)cc3)[n+]3c2CCCCC3)cc1.[Br-]. The summed E-state index contributed by atoms with van der Waals surface area (Å²) in [5.41, 5.74) is 3.65. The van der Waals surface area contributed by atoms with E-state index in [1.54, 1.807) is 0 Å². The Labute approximate surface area is 176 Å². The minimum atomic E-state index is 0. The second-order valence-corrected chi connectivity index (χ2v) is 7.13. The van der Waals surface area contributed by atoms with Crippen LogP contribution in [0.1, 0.15) is 32.0 Å². The summed E-state index contributed by atoms with van der Waals surface area (Å²) in [6, 6.07) is 16.5. The van der Waals surface area contributed by atoms with E-state index in [1.165, 1.54) is 42.0 Å². The van der Waals surface area contributed by atoms with Crippen molar-refractivity contribution in [2.75, 3.05) is 6.61 Å². The summed E-state index contributed by atoms with van der Waals surface area (Å²) in [5, 5.41) is 0.774. The minimum Gasteiger partial charge on any atom is -1.00 e. The molecular weight excluding hydrogens is 424 g/mol. The van der Waals surface area contributed by atoms with Gasteiger partial charge in [-0.15, -0.1) is 0 Å². The molecule has 0 fully saturated rings. The molecule has 0 aliphatic carbocycles. The number of imidazole rings is 1. The van der Waals surface area contributed by atoms with Crippen molar-refractivity contribution < 1.29 is 26.3 Å². The van der Waals surface area contributed by atoms with E-state index in [0.29, 0.717) is 6.61 Å². The third-order valence-electron chi connectivity index (χ3n) is 4.98. The van der Waals surface area contributed by atoms with Crippen LogP contribution in [0, 0.1) is 0 Å². The van der Waals surface area contributed by atoms with Crippen molar-refractivity contribution in [3.05, 3.63) is 65.6 Å². The summed E-state index contributed by atoms with van der Waals surface area (Å²) in [5.74, 6) is 2.29. The maximum Gasteiger partial charge on any atom is 0.262 e. The fourth-order valence-electron chi connectivity index (χ4n) is 3.71. The van der Waals surface area contributed by atoms with Crippen molar-refractivity contribution in [1.29, 1.82) is 0 Å². The highest BCUT2D eigenvalue weighted by molar-refractivity contribution is 6.30. The van der Waals surface area contributed by atoms with E-state index in [9.17, 15) is 0 Å². The molecule has 0 unspecified atom stereocenters. The van der Waals surface area contributed by atoms with E-state index < -0.39 is 0 Å². The Morgan fingerprint density at radius 2 is 1.74 bits per heavy atom. The Kier molecular flexibility index (Phi) is 6.61. The summed E-state index contributed by atoms with van der Waals surface area (Å²) < 4.78 is 10.4. The zero-order valence-corrected chi connectivity index (χ0v) is 17.8. The molecule has 0 saturated heterocycles. The smallest absolute Gasteiger partial charge is 0.262 e. The van der Waals surface area contributed by atoms with Gasteiger partial charge in [-0.1, -0.05) is 11.6 Å². The number of halogens is 2. The third-order valence-corrected chi connectivity index (χ3v) is 5.23. The molecule has 0 N–H and O–H groups in total. The number of hydrogen-bond donors (Lipinski definition) is 0. The van der Waals surface area contributed by atoms with Gasteiger partial charge in [0, 0.05) is 17.0 Å².